The van der Waals surface area contributed by atoms with Crippen molar-refractivity contribution in [1.29, 1.82) is 0 Å². The summed E-state index contributed by atoms with van der Waals surface area (Å²) in [6.45, 7) is 3.03. The maximum Gasteiger partial charge on any atom is 0.346 e. The summed E-state index contributed by atoms with van der Waals surface area (Å²) < 4.78 is 28.2. The summed E-state index contributed by atoms with van der Waals surface area (Å²) in [7, 11) is 0.325. The number of benzene rings is 2. The van der Waals surface area contributed by atoms with Crippen LogP contribution in [0.1, 0.15) is 15.9 Å². The quantitative estimate of drug-likeness (QED) is 0.250. The van der Waals surface area contributed by atoms with E-state index in [1.807, 2.05) is 0 Å². The Labute approximate surface area is 179 Å². The van der Waals surface area contributed by atoms with E-state index in [-0.39, 0.29) is 24.0 Å². The number of ether oxygens (including phenoxy) is 1. The number of amides is 1. The third-order valence-electron chi connectivity index (χ3n) is 4.92. The summed E-state index contributed by atoms with van der Waals surface area (Å²) in [5.41, 5.74) is 0.899. The highest BCUT2D eigenvalue weighted by Gasteiger charge is 2.49. The average molecular weight is 446 g/mol. The Morgan fingerprint density at radius 3 is 2.23 bits per heavy atom. The van der Waals surface area contributed by atoms with E-state index in [9.17, 15) is 19.5 Å². The average Bonchev–Trinajstić information content (AvgIpc) is 3.64. The number of carbonyl (C=O) groups excluding carboxylic acids is 1. The number of carbonyl (C=O) groups is 1. The van der Waals surface area contributed by atoms with Crippen molar-refractivity contribution in [2.75, 3.05) is 40.3 Å². The van der Waals surface area contributed by atoms with Crippen molar-refractivity contribution >= 4 is 19.3 Å². The Morgan fingerprint density at radius 2 is 1.71 bits per heavy atom. The molecule has 0 aliphatic carbocycles. The molecule has 1 amide bonds. The van der Waals surface area contributed by atoms with Crippen molar-refractivity contribution in [1.82, 2.24) is 14.2 Å². The zero-order valence-electron chi connectivity index (χ0n) is 17.3. The van der Waals surface area contributed by atoms with Gasteiger partial charge in [0, 0.05) is 51.9 Å². The lowest BCUT2D eigenvalue weighted by Crippen LogP contribution is -2.21. The third kappa shape index (κ3) is 4.77. The van der Waals surface area contributed by atoms with Gasteiger partial charge in [-0.05, 0) is 42.0 Å². The Morgan fingerprint density at radius 1 is 1.10 bits per heavy atom. The Hall–Kier alpha value is -2.78. The fraction of sp³-hybridized carbons (Fsp3) is 0.350. The summed E-state index contributed by atoms with van der Waals surface area (Å²) in [6, 6.07) is 10.8. The van der Waals surface area contributed by atoms with Gasteiger partial charge in [0.1, 0.15) is 5.75 Å². The van der Waals surface area contributed by atoms with E-state index in [0.717, 1.165) is 26.2 Å². The molecule has 0 unspecified atom stereocenters. The van der Waals surface area contributed by atoms with Gasteiger partial charge >= 0.3 is 13.4 Å². The number of rotatable bonds is 9. The van der Waals surface area contributed by atoms with E-state index in [0.29, 0.717) is 16.9 Å². The van der Waals surface area contributed by atoms with Crippen LogP contribution in [-0.2, 0) is 15.7 Å². The van der Waals surface area contributed by atoms with Crippen LogP contribution in [0.25, 0.3) is 0 Å². The van der Waals surface area contributed by atoms with Crippen LogP contribution >= 0.6 is 7.67 Å². The van der Waals surface area contributed by atoms with Crippen LogP contribution in [0.5, 0.6) is 11.5 Å². The maximum absolute atomic E-state index is 13.1. The molecule has 2 aromatic carbocycles. The first kappa shape index (κ1) is 21.5. The van der Waals surface area contributed by atoms with Crippen LogP contribution in [0, 0.1) is 10.1 Å². The van der Waals surface area contributed by atoms with Gasteiger partial charge in [0.15, 0.2) is 0 Å². The second kappa shape index (κ2) is 8.39. The van der Waals surface area contributed by atoms with E-state index >= 15 is 0 Å². The van der Waals surface area contributed by atoms with Crippen LogP contribution in [0.15, 0.2) is 42.5 Å². The fourth-order valence-corrected chi connectivity index (χ4v) is 5.22. The Bertz CT molecular complexity index is 1030. The topological polar surface area (TPSA) is 105 Å². The van der Waals surface area contributed by atoms with Crippen molar-refractivity contribution in [2.24, 2.45) is 0 Å². The van der Waals surface area contributed by atoms with Crippen molar-refractivity contribution in [3.05, 3.63) is 63.7 Å². The van der Waals surface area contributed by atoms with Gasteiger partial charge in [-0.2, -0.15) is 0 Å². The van der Waals surface area contributed by atoms with E-state index in [4.69, 9.17) is 9.26 Å². The molecule has 4 rings (SSSR count). The lowest BCUT2D eigenvalue weighted by atomic mass is 10.2. The van der Waals surface area contributed by atoms with Crippen LogP contribution < -0.4 is 4.74 Å². The molecule has 2 aromatic rings. The van der Waals surface area contributed by atoms with Gasteiger partial charge in [0.25, 0.3) is 5.91 Å². The van der Waals surface area contributed by atoms with Crippen LogP contribution in [0.4, 0.5) is 5.69 Å². The van der Waals surface area contributed by atoms with Gasteiger partial charge < -0.3 is 14.2 Å². The largest absolute Gasteiger partial charge is 0.450 e. The minimum absolute atomic E-state index is 0.0473. The fourth-order valence-electron chi connectivity index (χ4n) is 3.03. The first-order chi connectivity index (χ1) is 14.8. The molecule has 164 valence electrons. The predicted molar refractivity (Wildman–Crippen MR) is 113 cm³/mol. The molecule has 0 radical (unpaired) electrons. The van der Waals surface area contributed by atoms with E-state index in [1.54, 1.807) is 53.8 Å². The third-order valence-corrected chi connectivity index (χ3v) is 7.61. The monoisotopic (exact) mass is 446 g/mol. The van der Waals surface area contributed by atoms with E-state index in [2.05, 4.69) is 0 Å². The highest BCUT2D eigenvalue weighted by atomic mass is 31.2. The van der Waals surface area contributed by atoms with Crippen molar-refractivity contribution in [3.8, 4) is 11.5 Å². The van der Waals surface area contributed by atoms with Crippen molar-refractivity contribution in [3.63, 3.8) is 0 Å². The molecule has 0 bridgehead atoms. The van der Waals surface area contributed by atoms with Gasteiger partial charge in [-0.15, -0.1) is 0 Å². The van der Waals surface area contributed by atoms with Crippen molar-refractivity contribution < 1.29 is 23.5 Å². The lowest BCUT2D eigenvalue weighted by molar-refractivity contribution is -0.385. The molecule has 0 atom stereocenters. The minimum atomic E-state index is -2.99. The lowest BCUT2D eigenvalue weighted by Gasteiger charge is -2.19. The summed E-state index contributed by atoms with van der Waals surface area (Å²) in [4.78, 5) is 24.4. The molecule has 0 saturated carbocycles. The van der Waals surface area contributed by atoms with Gasteiger partial charge in [-0.1, -0.05) is 0 Å². The molecule has 0 spiro atoms. The number of nitrogens with zero attached hydrogens (tertiary/aromatic N) is 4. The summed E-state index contributed by atoms with van der Waals surface area (Å²) in [5, 5.41) is 11.4. The normalized spacial score (nSPS) is 16.1. The Balaban J connectivity index is 1.51. The van der Waals surface area contributed by atoms with E-state index in [1.165, 1.54) is 17.0 Å². The molecule has 2 saturated heterocycles. The molecular formula is C20H23N4O6P. The summed E-state index contributed by atoms with van der Waals surface area (Å²) in [6.07, 6.45) is 0. The van der Waals surface area contributed by atoms with Gasteiger partial charge in [0.05, 0.1) is 11.5 Å². The predicted octanol–water partition coefficient (Wildman–Crippen LogP) is 3.34. The standard InChI is InChI=1S/C20H23N4O6P/c1-21(2)20(25)16-4-6-17(7-5-16)30-19-13-15(3-8-18(19)24(26)27)14-29-31(28,22-9-10-22)23-11-12-23/h3-8,13H,9-12,14H2,1-2H3. The number of hydrogen-bond acceptors (Lipinski definition) is 6. The Kier molecular flexibility index (Phi) is 5.81. The second-order valence-corrected chi connectivity index (χ2v) is 9.93. The second-order valence-electron chi connectivity index (χ2n) is 7.56. The number of nitro groups is 1. The smallest absolute Gasteiger partial charge is 0.346 e. The zero-order chi connectivity index (χ0) is 22.2. The van der Waals surface area contributed by atoms with Gasteiger partial charge in [-0.25, -0.2) is 9.34 Å². The zero-order valence-corrected chi connectivity index (χ0v) is 18.2. The molecule has 2 aliphatic heterocycles. The first-order valence-corrected chi connectivity index (χ1v) is 11.3. The van der Waals surface area contributed by atoms with Crippen molar-refractivity contribution in [2.45, 2.75) is 6.61 Å². The summed E-state index contributed by atoms with van der Waals surface area (Å²) in [5.74, 6) is 0.250. The first-order valence-electron chi connectivity index (χ1n) is 9.80. The molecule has 11 heteroatoms. The minimum Gasteiger partial charge on any atom is -0.450 e. The highest BCUT2D eigenvalue weighted by Crippen LogP contribution is 2.61. The van der Waals surface area contributed by atoms with Crippen LogP contribution in [0.2, 0.25) is 0 Å². The van der Waals surface area contributed by atoms with Crippen LogP contribution in [0.3, 0.4) is 0 Å². The number of hydrogen-bond donors (Lipinski definition) is 0. The maximum atomic E-state index is 13.1. The summed E-state index contributed by atoms with van der Waals surface area (Å²) >= 11 is 0. The van der Waals surface area contributed by atoms with Gasteiger partial charge in [0.2, 0.25) is 5.75 Å². The molecule has 2 heterocycles. The van der Waals surface area contributed by atoms with E-state index < -0.39 is 12.6 Å². The molecule has 0 aromatic heterocycles. The molecule has 10 nitrogen and oxygen atoms in total. The highest BCUT2D eigenvalue weighted by molar-refractivity contribution is 7.54. The number of nitro benzene ring substituents is 1. The molecule has 31 heavy (non-hydrogen) atoms. The molecule has 2 fully saturated rings. The van der Waals surface area contributed by atoms with Gasteiger partial charge in [-0.3, -0.25) is 19.5 Å². The van der Waals surface area contributed by atoms with Crippen LogP contribution in [-0.4, -0.2) is 65.3 Å². The molecule has 2 aliphatic rings. The molecular weight excluding hydrogens is 423 g/mol. The molecule has 0 N–H and O–H groups in total. The SMILES string of the molecule is CN(C)C(=O)c1ccc(Oc2cc(COP(=O)(N3CC3)N3CC3)ccc2[N+](=O)[O-])cc1.